The van der Waals surface area contributed by atoms with Gasteiger partial charge in [0.05, 0.1) is 18.3 Å². The number of benzene rings is 1. The first-order chi connectivity index (χ1) is 9.61. The summed E-state index contributed by atoms with van der Waals surface area (Å²) in [5, 5.41) is 4.62. The largest absolute Gasteiger partial charge is 0.476 e. The molecule has 0 radical (unpaired) electrons. The first kappa shape index (κ1) is 14.9. The first-order valence-electron chi connectivity index (χ1n) is 6.41. The van der Waals surface area contributed by atoms with Crippen molar-refractivity contribution in [1.82, 2.24) is 4.98 Å². The van der Waals surface area contributed by atoms with Gasteiger partial charge in [0.2, 0.25) is 5.88 Å². The Kier molecular flexibility index (Phi) is 5.10. The van der Waals surface area contributed by atoms with Gasteiger partial charge < -0.3 is 10.1 Å². The van der Waals surface area contributed by atoms with Crippen molar-refractivity contribution in [2.75, 3.05) is 11.9 Å². The van der Waals surface area contributed by atoms with E-state index in [1.165, 1.54) is 0 Å². The molecular weight excluding hydrogens is 295 g/mol. The summed E-state index contributed by atoms with van der Waals surface area (Å²) in [6.45, 7) is 4.53. The molecule has 1 aromatic carbocycles. The van der Waals surface area contributed by atoms with Crippen LogP contribution in [0.3, 0.4) is 0 Å². The van der Waals surface area contributed by atoms with Crippen molar-refractivity contribution in [3.8, 4) is 5.88 Å². The number of halogens is 2. The molecule has 0 aliphatic heterocycles. The fourth-order valence-electron chi connectivity index (χ4n) is 1.92. The lowest BCUT2D eigenvalue weighted by Crippen LogP contribution is -2.09. The van der Waals surface area contributed by atoms with Gasteiger partial charge in [-0.15, -0.1) is 0 Å². The van der Waals surface area contributed by atoms with Gasteiger partial charge in [0, 0.05) is 16.2 Å². The van der Waals surface area contributed by atoms with Crippen LogP contribution in [-0.4, -0.2) is 11.6 Å². The van der Waals surface area contributed by atoms with E-state index in [2.05, 4.69) is 10.3 Å². The molecule has 1 N–H and O–H groups in total. The lowest BCUT2D eigenvalue weighted by Gasteiger charge is -2.18. The summed E-state index contributed by atoms with van der Waals surface area (Å²) in [4.78, 5) is 4.21. The fraction of sp³-hybridized carbons (Fsp3) is 0.267. The molecule has 1 unspecified atom stereocenters. The van der Waals surface area contributed by atoms with Crippen molar-refractivity contribution in [2.45, 2.75) is 19.9 Å². The molecule has 2 aromatic rings. The maximum Gasteiger partial charge on any atom is 0.237 e. The number of nitrogens with zero attached hydrogens (tertiary/aromatic N) is 1. The van der Waals surface area contributed by atoms with Gasteiger partial charge in [-0.3, -0.25) is 0 Å². The van der Waals surface area contributed by atoms with Crippen LogP contribution in [0.25, 0.3) is 0 Å². The molecule has 0 fully saturated rings. The van der Waals surface area contributed by atoms with Gasteiger partial charge in [-0.05, 0) is 43.7 Å². The number of rotatable bonds is 5. The lowest BCUT2D eigenvalue weighted by atomic mass is 10.1. The van der Waals surface area contributed by atoms with Crippen molar-refractivity contribution in [3.05, 3.63) is 52.1 Å². The number of hydrogen-bond donors (Lipinski definition) is 1. The summed E-state index contributed by atoms with van der Waals surface area (Å²) in [6.07, 6.45) is 1.70. The Balaban J connectivity index is 2.21. The Hall–Kier alpha value is -1.45. The molecule has 2 rings (SSSR count). The molecule has 3 nitrogen and oxygen atoms in total. The maximum absolute atomic E-state index is 6.22. The van der Waals surface area contributed by atoms with E-state index >= 15 is 0 Å². The average molecular weight is 311 g/mol. The van der Waals surface area contributed by atoms with E-state index in [1.807, 2.05) is 38.1 Å². The summed E-state index contributed by atoms with van der Waals surface area (Å²) in [5.74, 6) is 0.590. The molecule has 106 valence electrons. The molecule has 0 aliphatic rings. The maximum atomic E-state index is 6.22. The molecule has 0 aliphatic carbocycles. The van der Waals surface area contributed by atoms with Crippen LogP contribution in [0, 0.1) is 0 Å². The minimum absolute atomic E-state index is 0.0168. The lowest BCUT2D eigenvalue weighted by molar-refractivity contribution is 0.328. The van der Waals surface area contributed by atoms with E-state index in [0.29, 0.717) is 22.5 Å². The number of pyridine rings is 1. The Labute approximate surface area is 128 Å². The van der Waals surface area contributed by atoms with Gasteiger partial charge in [0.1, 0.15) is 0 Å². The van der Waals surface area contributed by atoms with Gasteiger partial charge in [-0.1, -0.05) is 29.3 Å². The van der Waals surface area contributed by atoms with E-state index < -0.39 is 0 Å². The minimum atomic E-state index is 0.0168. The number of hydrogen-bond acceptors (Lipinski definition) is 3. The van der Waals surface area contributed by atoms with Crippen LogP contribution >= 0.6 is 23.2 Å². The van der Waals surface area contributed by atoms with E-state index in [0.717, 1.165) is 11.3 Å². The second-order valence-corrected chi connectivity index (χ2v) is 5.16. The zero-order valence-corrected chi connectivity index (χ0v) is 12.9. The molecule has 0 amide bonds. The van der Waals surface area contributed by atoms with Crippen LogP contribution in [0.15, 0.2) is 36.5 Å². The molecule has 0 spiro atoms. The summed E-state index contributed by atoms with van der Waals surface area (Å²) >= 11 is 12.1. The van der Waals surface area contributed by atoms with Gasteiger partial charge in [0.25, 0.3) is 0 Å². The quantitative estimate of drug-likeness (QED) is 0.847. The molecule has 0 saturated heterocycles. The molecule has 1 atom stereocenters. The van der Waals surface area contributed by atoms with Crippen LogP contribution < -0.4 is 10.1 Å². The zero-order valence-electron chi connectivity index (χ0n) is 11.4. The smallest absolute Gasteiger partial charge is 0.237 e. The fourth-order valence-corrected chi connectivity index (χ4v) is 2.49. The molecule has 1 aromatic heterocycles. The normalized spacial score (nSPS) is 12.0. The summed E-state index contributed by atoms with van der Waals surface area (Å²) in [6, 6.07) is 9.29. The Bertz CT molecular complexity index is 590. The predicted molar refractivity (Wildman–Crippen MR) is 83.9 cm³/mol. The molecule has 1 heterocycles. The van der Waals surface area contributed by atoms with E-state index in [4.69, 9.17) is 27.9 Å². The number of anilines is 1. The van der Waals surface area contributed by atoms with Crippen molar-refractivity contribution in [3.63, 3.8) is 0 Å². The Morgan fingerprint density at radius 3 is 2.80 bits per heavy atom. The van der Waals surface area contributed by atoms with Crippen molar-refractivity contribution >= 4 is 28.9 Å². The topological polar surface area (TPSA) is 34.1 Å². The summed E-state index contributed by atoms with van der Waals surface area (Å²) in [5.41, 5.74) is 1.82. The van der Waals surface area contributed by atoms with Crippen LogP contribution in [0.4, 0.5) is 5.69 Å². The van der Waals surface area contributed by atoms with Gasteiger partial charge in [-0.25, -0.2) is 4.98 Å². The van der Waals surface area contributed by atoms with Gasteiger partial charge >= 0.3 is 0 Å². The van der Waals surface area contributed by atoms with Crippen molar-refractivity contribution in [1.29, 1.82) is 0 Å². The second kappa shape index (κ2) is 6.82. The van der Waals surface area contributed by atoms with Crippen LogP contribution in [0.1, 0.15) is 25.5 Å². The minimum Gasteiger partial charge on any atom is -0.476 e. The highest BCUT2D eigenvalue weighted by molar-refractivity contribution is 6.35. The molecule has 20 heavy (non-hydrogen) atoms. The van der Waals surface area contributed by atoms with Gasteiger partial charge in [0.15, 0.2) is 0 Å². The SMILES string of the molecule is CCOc1ncccc1NC(C)c1ccc(Cl)cc1Cl. The average Bonchev–Trinajstić information content (AvgIpc) is 2.41. The Morgan fingerprint density at radius 2 is 2.10 bits per heavy atom. The third-order valence-electron chi connectivity index (χ3n) is 2.85. The van der Waals surface area contributed by atoms with Crippen molar-refractivity contribution < 1.29 is 4.74 Å². The third kappa shape index (κ3) is 3.56. The number of aromatic nitrogens is 1. The van der Waals surface area contributed by atoms with Gasteiger partial charge in [-0.2, -0.15) is 0 Å². The molecule has 0 saturated carbocycles. The second-order valence-electron chi connectivity index (χ2n) is 4.32. The highest BCUT2D eigenvalue weighted by Gasteiger charge is 2.12. The monoisotopic (exact) mass is 310 g/mol. The van der Waals surface area contributed by atoms with E-state index in [1.54, 1.807) is 12.3 Å². The molecular formula is C15H16Cl2N2O. The molecule has 5 heteroatoms. The van der Waals surface area contributed by atoms with E-state index in [9.17, 15) is 0 Å². The summed E-state index contributed by atoms with van der Waals surface area (Å²) < 4.78 is 5.50. The van der Waals surface area contributed by atoms with Crippen LogP contribution in [0.5, 0.6) is 5.88 Å². The third-order valence-corrected chi connectivity index (χ3v) is 3.42. The zero-order chi connectivity index (χ0) is 14.5. The number of ether oxygens (including phenoxy) is 1. The van der Waals surface area contributed by atoms with Crippen LogP contribution in [0.2, 0.25) is 10.0 Å². The van der Waals surface area contributed by atoms with Crippen molar-refractivity contribution in [2.24, 2.45) is 0 Å². The summed E-state index contributed by atoms with van der Waals surface area (Å²) in [7, 11) is 0. The number of nitrogens with one attached hydrogen (secondary N) is 1. The highest BCUT2D eigenvalue weighted by atomic mass is 35.5. The standard InChI is InChI=1S/C15H16Cl2N2O/c1-3-20-15-14(5-4-8-18-15)19-10(2)12-7-6-11(16)9-13(12)17/h4-10,19H,3H2,1-2H3. The predicted octanol–water partition coefficient (Wildman–Crippen LogP) is 4.96. The van der Waals surface area contributed by atoms with Crippen LogP contribution in [-0.2, 0) is 0 Å². The van der Waals surface area contributed by atoms with E-state index in [-0.39, 0.29) is 6.04 Å². The first-order valence-corrected chi connectivity index (χ1v) is 7.16. The molecule has 0 bridgehead atoms. The Morgan fingerprint density at radius 1 is 1.30 bits per heavy atom. The highest BCUT2D eigenvalue weighted by Crippen LogP contribution is 2.30.